The van der Waals surface area contributed by atoms with Gasteiger partial charge in [-0.1, -0.05) is 37.1 Å². The van der Waals surface area contributed by atoms with Crippen molar-refractivity contribution in [1.29, 1.82) is 0 Å². The Kier molecular flexibility index (Phi) is 6.43. The lowest BCUT2D eigenvalue weighted by Gasteiger charge is -2.38. The Morgan fingerprint density at radius 3 is 1.27 bits per heavy atom. The first-order chi connectivity index (χ1) is 14.2. The highest BCUT2D eigenvalue weighted by Crippen LogP contribution is 2.48. The Balaban J connectivity index is 2.07. The molecule has 0 amide bonds. The molecule has 2 saturated carbocycles. The van der Waals surface area contributed by atoms with Gasteiger partial charge < -0.3 is 20.4 Å². The quantitative estimate of drug-likeness (QED) is 0.551. The summed E-state index contributed by atoms with van der Waals surface area (Å²) in [7, 11) is 0. The van der Waals surface area contributed by atoms with Crippen LogP contribution in [0.3, 0.4) is 0 Å². The van der Waals surface area contributed by atoms with E-state index in [1.54, 1.807) is 24.3 Å². The number of carboxylic acid groups (broad SMARTS) is 4. The summed E-state index contributed by atoms with van der Waals surface area (Å²) < 4.78 is 0. The fraction of sp³-hybridized carbons (Fsp3) is 0.545. The Morgan fingerprint density at radius 2 is 0.967 bits per heavy atom. The minimum atomic E-state index is -1.18. The van der Waals surface area contributed by atoms with Crippen LogP contribution >= 0.6 is 0 Å². The molecule has 0 bridgehead atoms. The minimum Gasteiger partial charge on any atom is -0.481 e. The first kappa shape index (κ1) is 21.8. The first-order valence-electron chi connectivity index (χ1n) is 10.2. The summed E-state index contributed by atoms with van der Waals surface area (Å²) >= 11 is 0. The van der Waals surface area contributed by atoms with Gasteiger partial charge in [0.05, 0.1) is 23.7 Å². The van der Waals surface area contributed by atoms with Crippen molar-refractivity contribution >= 4 is 23.9 Å². The van der Waals surface area contributed by atoms with Gasteiger partial charge in [0.2, 0.25) is 0 Å². The van der Waals surface area contributed by atoms with Gasteiger partial charge in [-0.2, -0.15) is 0 Å². The van der Waals surface area contributed by atoms with E-state index in [9.17, 15) is 39.6 Å². The first-order valence-corrected chi connectivity index (χ1v) is 10.2. The van der Waals surface area contributed by atoms with Crippen LogP contribution in [-0.4, -0.2) is 44.3 Å². The molecule has 1 aromatic carbocycles. The second-order valence-corrected chi connectivity index (χ2v) is 8.32. The van der Waals surface area contributed by atoms with Crippen LogP contribution in [0.4, 0.5) is 0 Å². The third-order valence-corrected chi connectivity index (χ3v) is 6.79. The maximum Gasteiger partial charge on any atom is 0.307 e. The molecule has 1 aromatic rings. The molecular weight excluding hydrogens is 392 g/mol. The molecule has 2 aliphatic carbocycles. The molecule has 6 atom stereocenters. The number of carboxylic acids is 4. The Bertz CT molecular complexity index is 778. The fourth-order valence-electron chi connectivity index (χ4n) is 5.52. The van der Waals surface area contributed by atoms with Crippen molar-refractivity contribution in [1.82, 2.24) is 0 Å². The van der Waals surface area contributed by atoms with Crippen LogP contribution in [0.2, 0.25) is 0 Å². The van der Waals surface area contributed by atoms with Crippen LogP contribution in [0.25, 0.3) is 0 Å². The molecular formula is C22H26O8. The molecule has 30 heavy (non-hydrogen) atoms. The molecule has 0 spiro atoms. The Morgan fingerprint density at radius 1 is 0.600 bits per heavy atom. The number of aliphatic carboxylic acids is 4. The van der Waals surface area contributed by atoms with Crippen molar-refractivity contribution in [3.63, 3.8) is 0 Å². The average Bonchev–Trinajstić information content (AvgIpc) is 2.72. The van der Waals surface area contributed by atoms with E-state index in [-0.39, 0.29) is 12.8 Å². The molecule has 4 N–H and O–H groups in total. The van der Waals surface area contributed by atoms with E-state index >= 15 is 0 Å². The maximum atomic E-state index is 12.0. The van der Waals surface area contributed by atoms with Crippen LogP contribution in [-0.2, 0) is 19.2 Å². The lowest BCUT2D eigenvalue weighted by molar-refractivity contribution is -0.157. The van der Waals surface area contributed by atoms with Gasteiger partial charge in [-0.05, 0) is 48.6 Å². The smallest absolute Gasteiger partial charge is 0.307 e. The number of carbonyl (C=O) groups is 4. The predicted molar refractivity (Wildman–Crippen MR) is 104 cm³/mol. The molecule has 0 heterocycles. The molecule has 0 aliphatic heterocycles. The van der Waals surface area contributed by atoms with Crippen molar-refractivity contribution in [2.45, 2.75) is 50.4 Å². The fourth-order valence-corrected chi connectivity index (χ4v) is 5.52. The van der Waals surface area contributed by atoms with Gasteiger partial charge in [0, 0.05) is 0 Å². The summed E-state index contributed by atoms with van der Waals surface area (Å²) in [6.07, 6.45) is 2.67. The number of rotatable bonds is 6. The Labute approximate surface area is 173 Å². The molecule has 2 fully saturated rings. The molecule has 3 rings (SSSR count). The van der Waals surface area contributed by atoms with Crippen LogP contribution in [0.5, 0.6) is 0 Å². The van der Waals surface area contributed by atoms with Gasteiger partial charge in [0.25, 0.3) is 0 Å². The second-order valence-electron chi connectivity index (χ2n) is 8.32. The molecule has 6 unspecified atom stereocenters. The van der Waals surface area contributed by atoms with E-state index < -0.39 is 59.4 Å². The van der Waals surface area contributed by atoms with Crippen molar-refractivity contribution < 1.29 is 39.6 Å². The average molecular weight is 418 g/mol. The zero-order valence-electron chi connectivity index (χ0n) is 16.4. The van der Waals surface area contributed by atoms with E-state index in [4.69, 9.17) is 0 Å². The molecule has 8 nitrogen and oxygen atoms in total. The number of hydrogen-bond donors (Lipinski definition) is 4. The lowest BCUT2D eigenvalue weighted by atomic mass is 9.64. The maximum absolute atomic E-state index is 12.0. The number of hydrogen-bond acceptors (Lipinski definition) is 4. The third-order valence-electron chi connectivity index (χ3n) is 6.79. The van der Waals surface area contributed by atoms with Gasteiger partial charge in [0.15, 0.2) is 0 Å². The van der Waals surface area contributed by atoms with Gasteiger partial charge in [-0.25, -0.2) is 0 Å². The number of benzene rings is 1. The second kappa shape index (κ2) is 8.85. The van der Waals surface area contributed by atoms with Crippen molar-refractivity contribution in [2.75, 3.05) is 0 Å². The molecule has 0 radical (unpaired) electrons. The monoisotopic (exact) mass is 418 g/mol. The summed E-state index contributed by atoms with van der Waals surface area (Å²) in [4.78, 5) is 47.4. The van der Waals surface area contributed by atoms with E-state index in [0.717, 1.165) is 0 Å². The zero-order valence-corrected chi connectivity index (χ0v) is 16.4. The molecule has 8 heteroatoms. The van der Waals surface area contributed by atoms with Crippen LogP contribution in [0.15, 0.2) is 24.3 Å². The van der Waals surface area contributed by atoms with Crippen molar-refractivity contribution in [3.8, 4) is 0 Å². The molecule has 2 aliphatic rings. The van der Waals surface area contributed by atoms with E-state index in [1.165, 1.54) is 0 Å². The van der Waals surface area contributed by atoms with Gasteiger partial charge in [0.1, 0.15) is 0 Å². The summed E-state index contributed by atoms with van der Waals surface area (Å²) in [6.45, 7) is 0. The summed E-state index contributed by atoms with van der Waals surface area (Å²) in [5, 5.41) is 38.7. The van der Waals surface area contributed by atoms with Gasteiger partial charge in [-0.15, -0.1) is 0 Å². The van der Waals surface area contributed by atoms with Gasteiger partial charge >= 0.3 is 23.9 Å². The van der Waals surface area contributed by atoms with Crippen molar-refractivity contribution in [3.05, 3.63) is 35.4 Å². The topological polar surface area (TPSA) is 149 Å². The standard InChI is InChI=1S/C22H26O8/c23-19(24)15-9-3-7-13(17(15)21(27)28)11-5-1-2-6-12(11)14-8-4-10-16(20(25)26)18(14)22(29)30/h1-2,5-6,13-18H,3-4,7-10H2,(H,23,24)(H,25,26)(H,27,28)(H,29,30). The normalized spacial score (nSPS) is 31.6. The van der Waals surface area contributed by atoms with Crippen LogP contribution < -0.4 is 0 Å². The van der Waals surface area contributed by atoms with E-state index in [0.29, 0.717) is 36.8 Å². The van der Waals surface area contributed by atoms with Gasteiger partial charge in [-0.3, -0.25) is 19.2 Å². The molecule has 0 saturated heterocycles. The summed E-state index contributed by atoms with van der Waals surface area (Å²) in [6, 6.07) is 6.94. The van der Waals surface area contributed by atoms with Crippen molar-refractivity contribution in [2.24, 2.45) is 23.7 Å². The molecule has 162 valence electrons. The highest BCUT2D eigenvalue weighted by atomic mass is 16.4. The highest BCUT2D eigenvalue weighted by Gasteiger charge is 2.47. The van der Waals surface area contributed by atoms with E-state index in [1.807, 2.05) is 0 Å². The predicted octanol–water partition coefficient (Wildman–Crippen LogP) is 3.02. The molecule has 0 aromatic heterocycles. The minimum absolute atomic E-state index is 0.285. The zero-order chi connectivity index (χ0) is 22.0. The third kappa shape index (κ3) is 4.04. The Hall–Kier alpha value is -2.90. The lowest BCUT2D eigenvalue weighted by Crippen LogP contribution is -2.40. The van der Waals surface area contributed by atoms with Crippen LogP contribution in [0, 0.1) is 23.7 Å². The van der Waals surface area contributed by atoms with E-state index in [2.05, 4.69) is 0 Å². The largest absolute Gasteiger partial charge is 0.481 e. The van der Waals surface area contributed by atoms with Crippen LogP contribution in [0.1, 0.15) is 61.5 Å². The highest BCUT2D eigenvalue weighted by molar-refractivity contribution is 5.82. The summed E-state index contributed by atoms with van der Waals surface area (Å²) in [5.41, 5.74) is 1.27. The summed E-state index contributed by atoms with van der Waals surface area (Å²) in [5.74, 6) is -10.0. The SMILES string of the molecule is O=C(O)C1CCCC(c2ccccc2C2CCCC(C(=O)O)C2C(=O)O)C1C(=O)O.